The summed E-state index contributed by atoms with van der Waals surface area (Å²) >= 11 is 1.72. The first-order valence-electron chi connectivity index (χ1n) is 8.46. The number of rotatable bonds is 7. The summed E-state index contributed by atoms with van der Waals surface area (Å²) < 4.78 is 8.04. The van der Waals surface area contributed by atoms with Crippen LogP contribution in [0, 0.1) is 12.8 Å². The van der Waals surface area contributed by atoms with E-state index in [9.17, 15) is 0 Å². The van der Waals surface area contributed by atoms with Crippen LogP contribution in [0.25, 0.3) is 0 Å². The molecule has 0 amide bonds. The van der Waals surface area contributed by atoms with Gasteiger partial charge in [-0.1, -0.05) is 0 Å². The molecule has 0 bridgehead atoms. The van der Waals surface area contributed by atoms with Gasteiger partial charge in [-0.25, -0.2) is 4.98 Å². The van der Waals surface area contributed by atoms with Crippen LogP contribution in [-0.2, 0) is 24.4 Å². The van der Waals surface area contributed by atoms with E-state index in [2.05, 4.69) is 57.0 Å². The molecule has 2 aromatic rings. The van der Waals surface area contributed by atoms with Gasteiger partial charge in [0.25, 0.3) is 0 Å². The van der Waals surface area contributed by atoms with Crippen molar-refractivity contribution in [3.8, 4) is 0 Å². The van der Waals surface area contributed by atoms with Gasteiger partial charge in [-0.15, -0.1) is 11.3 Å². The normalized spacial score (nSPS) is 18.8. The Morgan fingerprint density at radius 2 is 2.25 bits per heavy atom. The van der Waals surface area contributed by atoms with Gasteiger partial charge < -0.3 is 9.64 Å². The van der Waals surface area contributed by atoms with Gasteiger partial charge in [-0.05, 0) is 27.1 Å². The van der Waals surface area contributed by atoms with E-state index in [-0.39, 0.29) is 0 Å². The highest BCUT2D eigenvalue weighted by molar-refractivity contribution is 7.09. The maximum absolute atomic E-state index is 5.91. The lowest BCUT2D eigenvalue weighted by Gasteiger charge is -2.23. The summed E-state index contributed by atoms with van der Waals surface area (Å²) in [7, 11) is 4.14. The summed E-state index contributed by atoms with van der Waals surface area (Å²) in [5.41, 5.74) is 2.44. The average molecular weight is 350 g/mol. The van der Waals surface area contributed by atoms with Crippen molar-refractivity contribution < 1.29 is 4.74 Å². The van der Waals surface area contributed by atoms with Crippen molar-refractivity contribution in [2.45, 2.75) is 26.6 Å². The van der Waals surface area contributed by atoms with Crippen LogP contribution in [0.1, 0.15) is 16.4 Å². The van der Waals surface area contributed by atoms with Gasteiger partial charge in [0.1, 0.15) is 0 Å². The molecule has 1 atom stereocenters. The van der Waals surface area contributed by atoms with Crippen molar-refractivity contribution in [3.05, 3.63) is 34.0 Å². The molecule has 3 rings (SSSR count). The second-order valence-corrected chi connectivity index (χ2v) is 7.84. The number of aryl methyl sites for hydroxylation is 1. The molecule has 0 spiro atoms. The Labute approximate surface area is 148 Å². The summed E-state index contributed by atoms with van der Waals surface area (Å²) in [5.74, 6) is 0.452. The maximum Gasteiger partial charge on any atom is 0.0897 e. The van der Waals surface area contributed by atoms with Crippen LogP contribution in [-0.4, -0.2) is 65.0 Å². The van der Waals surface area contributed by atoms with Gasteiger partial charge in [0.2, 0.25) is 0 Å². The van der Waals surface area contributed by atoms with Gasteiger partial charge in [-0.2, -0.15) is 5.10 Å². The second-order valence-electron chi connectivity index (χ2n) is 6.78. The average Bonchev–Trinajstić information content (AvgIpc) is 3.09. The Balaban J connectivity index is 1.61. The number of nitrogens with zero attached hydrogens (tertiary/aromatic N) is 5. The van der Waals surface area contributed by atoms with Crippen LogP contribution in [0.2, 0.25) is 0 Å². The monoisotopic (exact) mass is 349 g/mol. The number of ether oxygens (including phenoxy) is 1. The first-order chi connectivity index (χ1) is 11.6. The van der Waals surface area contributed by atoms with Crippen LogP contribution >= 0.6 is 11.3 Å². The molecule has 7 heteroatoms. The van der Waals surface area contributed by atoms with E-state index in [0.29, 0.717) is 5.92 Å². The third-order valence-corrected chi connectivity index (χ3v) is 5.05. The topological polar surface area (TPSA) is 46.4 Å². The standard InChI is InChI=1S/C17H27N5OS/c1-14-19-16(13-24-14)10-21-8-15(12-23-7-6-20(2)3)9-22-17(11-21)4-5-18-22/h4-5,13,15H,6-12H2,1-3H3. The molecule has 0 radical (unpaired) electrons. The molecular formula is C17H27N5OS. The highest BCUT2D eigenvalue weighted by Crippen LogP contribution is 2.19. The van der Waals surface area contributed by atoms with Crippen molar-refractivity contribution in [1.29, 1.82) is 0 Å². The van der Waals surface area contributed by atoms with E-state index < -0.39 is 0 Å². The van der Waals surface area contributed by atoms with Gasteiger partial charge >= 0.3 is 0 Å². The van der Waals surface area contributed by atoms with Crippen LogP contribution in [0.15, 0.2) is 17.6 Å². The fourth-order valence-corrected chi connectivity index (χ4v) is 3.66. The Kier molecular flexibility index (Phi) is 5.99. The number of fused-ring (bicyclic) bond motifs is 1. The Hall–Kier alpha value is -1.28. The molecular weight excluding hydrogens is 322 g/mol. The molecule has 1 aliphatic heterocycles. The Bertz CT molecular complexity index is 638. The van der Waals surface area contributed by atoms with Crippen LogP contribution in [0.5, 0.6) is 0 Å². The molecule has 0 N–H and O–H groups in total. The van der Waals surface area contributed by atoms with Crippen LogP contribution in [0.4, 0.5) is 0 Å². The molecule has 0 aromatic carbocycles. The maximum atomic E-state index is 5.91. The highest BCUT2D eigenvalue weighted by Gasteiger charge is 2.23. The van der Waals surface area contributed by atoms with E-state index in [1.165, 1.54) is 5.69 Å². The molecule has 1 unspecified atom stereocenters. The molecule has 0 saturated heterocycles. The molecule has 0 saturated carbocycles. The molecule has 132 valence electrons. The molecule has 3 heterocycles. The fourth-order valence-electron chi connectivity index (χ4n) is 3.05. The zero-order valence-corrected chi connectivity index (χ0v) is 15.6. The van der Waals surface area contributed by atoms with E-state index in [1.807, 2.05) is 6.20 Å². The molecule has 0 fully saturated rings. The smallest absolute Gasteiger partial charge is 0.0897 e. The summed E-state index contributed by atoms with van der Waals surface area (Å²) in [4.78, 5) is 9.23. The number of hydrogen-bond donors (Lipinski definition) is 0. The molecule has 6 nitrogen and oxygen atoms in total. The lowest BCUT2D eigenvalue weighted by atomic mass is 10.1. The van der Waals surface area contributed by atoms with Crippen molar-refractivity contribution in [2.75, 3.05) is 40.4 Å². The minimum Gasteiger partial charge on any atom is -0.380 e. The minimum atomic E-state index is 0.452. The van der Waals surface area contributed by atoms with Crippen molar-refractivity contribution in [1.82, 2.24) is 24.6 Å². The number of likely N-dealkylation sites (N-methyl/N-ethyl adjacent to an activating group) is 1. The fraction of sp³-hybridized carbons (Fsp3) is 0.647. The number of thiazole rings is 1. The zero-order chi connectivity index (χ0) is 16.9. The summed E-state index contributed by atoms with van der Waals surface area (Å²) in [5, 5.41) is 7.78. The van der Waals surface area contributed by atoms with Crippen LogP contribution < -0.4 is 0 Å². The van der Waals surface area contributed by atoms with Gasteiger partial charge in [-0.3, -0.25) is 9.58 Å². The Morgan fingerprint density at radius 1 is 1.38 bits per heavy atom. The molecule has 2 aromatic heterocycles. The summed E-state index contributed by atoms with van der Waals surface area (Å²) in [6, 6.07) is 2.12. The number of hydrogen-bond acceptors (Lipinski definition) is 6. The number of aromatic nitrogens is 3. The largest absolute Gasteiger partial charge is 0.380 e. The highest BCUT2D eigenvalue weighted by atomic mass is 32.1. The van der Waals surface area contributed by atoms with E-state index in [4.69, 9.17) is 4.74 Å². The van der Waals surface area contributed by atoms with E-state index in [0.717, 1.165) is 56.6 Å². The van der Waals surface area contributed by atoms with Gasteiger partial charge in [0.15, 0.2) is 0 Å². The van der Waals surface area contributed by atoms with E-state index >= 15 is 0 Å². The van der Waals surface area contributed by atoms with Crippen LogP contribution in [0.3, 0.4) is 0 Å². The van der Waals surface area contributed by atoms with Crippen molar-refractivity contribution in [3.63, 3.8) is 0 Å². The zero-order valence-electron chi connectivity index (χ0n) is 14.8. The summed E-state index contributed by atoms with van der Waals surface area (Å²) in [6.07, 6.45) is 1.90. The summed E-state index contributed by atoms with van der Waals surface area (Å²) in [6.45, 7) is 8.34. The first kappa shape index (κ1) is 17.5. The van der Waals surface area contributed by atoms with Crippen molar-refractivity contribution >= 4 is 11.3 Å². The van der Waals surface area contributed by atoms with Crippen molar-refractivity contribution in [2.24, 2.45) is 5.92 Å². The van der Waals surface area contributed by atoms with Gasteiger partial charge in [0, 0.05) is 50.2 Å². The molecule has 0 aliphatic carbocycles. The first-order valence-corrected chi connectivity index (χ1v) is 9.34. The van der Waals surface area contributed by atoms with Gasteiger partial charge in [0.05, 0.1) is 29.6 Å². The lowest BCUT2D eigenvalue weighted by molar-refractivity contribution is 0.0671. The molecule has 1 aliphatic rings. The Morgan fingerprint density at radius 3 is 3.00 bits per heavy atom. The predicted molar refractivity (Wildman–Crippen MR) is 96.1 cm³/mol. The lowest BCUT2D eigenvalue weighted by Crippen LogP contribution is -2.31. The third kappa shape index (κ3) is 4.86. The predicted octanol–water partition coefficient (Wildman–Crippen LogP) is 1.86. The second kappa shape index (κ2) is 8.20. The third-order valence-electron chi connectivity index (χ3n) is 4.23. The SMILES string of the molecule is Cc1nc(CN2Cc3ccnn3CC(COCCN(C)C)C2)cs1. The molecule has 24 heavy (non-hydrogen) atoms. The van der Waals surface area contributed by atoms with E-state index in [1.54, 1.807) is 11.3 Å². The quantitative estimate of drug-likeness (QED) is 0.714. The minimum absolute atomic E-state index is 0.452.